The van der Waals surface area contributed by atoms with E-state index >= 15 is 0 Å². The second-order valence-corrected chi connectivity index (χ2v) is 5.03. The van der Waals surface area contributed by atoms with Crippen LogP contribution in [0.4, 0.5) is 5.69 Å². The van der Waals surface area contributed by atoms with Crippen molar-refractivity contribution in [3.8, 4) is 11.8 Å². The molecule has 3 nitrogen and oxygen atoms in total. The molecule has 96 valence electrons. The first-order chi connectivity index (χ1) is 8.72. The normalized spacial score (nSPS) is 23.2. The van der Waals surface area contributed by atoms with Crippen LogP contribution >= 0.6 is 0 Å². The van der Waals surface area contributed by atoms with Gasteiger partial charge in [0.25, 0.3) is 0 Å². The van der Waals surface area contributed by atoms with Crippen LogP contribution in [0.5, 0.6) is 5.75 Å². The molecule has 1 saturated carbocycles. The molecule has 0 radical (unpaired) electrons. The third-order valence-electron chi connectivity index (χ3n) is 3.62. The Balaban J connectivity index is 2.02. The molecular weight excluding hydrogens is 224 g/mol. The summed E-state index contributed by atoms with van der Waals surface area (Å²) in [6.45, 7) is 2.08. The molecule has 0 bridgehead atoms. The molecule has 1 aromatic rings. The number of nitrogens with zero attached hydrogens (tertiary/aromatic N) is 1. The largest absolute Gasteiger partial charge is 0.495 e. The first-order valence-electron chi connectivity index (χ1n) is 6.53. The summed E-state index contributed by atoms with van der Waals surface area (Å²) >= 11 is 0. The highest BCUT2D eigenvalue weighted by Gasteiger charge is 2.21. The van der Waals surface area contributed by atoms with Gasteiger partial charge in [0.05, 0.1) is 18.9 Å². The van der Waals surface area contributed by atoms with Crippen LogP contribution in [-0.2, 0) is 0 Å². The Morgan fingerprint density at radius 2 is 2.00 bits per heavy atom. The minimum absolute atomic E-state index is 0.252. The molecule has 0 heterocycles. The number of hydrogen-bond acceptors (Lipinski definition) is 3. The number of methoxy groups -OCH3 is 1. The molecule has 1 aliphatic rings. The molecule has 1 N–H and O–H groups in total. The number of ether oxygens (including phenoxy) is 1. The molecule has 0 amide bonds. The van der Waals surface area contributed by atoms with E-state index in [2.05, 4.69) is 30.4 Å². The summed E-state index contributed by atoms with van der Waals surface area (Å²) in [7, 11) is 1.70. The summed E-state index contributed by atoms with van der Waals surface area (Å²) in [6, 6.07) is 9.00. The van der Waals surface area contributed by atoms with Crippen molar-refractivity contribution in [2.24, 2.45) is 5.92 Å². The molecule has 2 rings (SSSR count). The predicted molar refractivity (Wildman–Crippen MR) is 72.7 cm³/mol. The minimum Gasteiger partial charge on any atom is -0.495 e. The van der Waals surface area contributed by atoms with E-state index in [0.717, 1.165) is 37.1 Å². The van der Waals surface area contributed by atoms with Gasteiger partial charge in [0.1, 0.15) is 5.75 Å². The van der Waals surface area contributed by atoms with Crippen LogP contribution in [0.25, 0.3) is 0 Å². The van der Waals surface area contributed by atoms with Crippen LogP contribution in [0, 0.1) is 24.2 Å². The first-order valence-corrected chi connectivity index (χ1v) is 6.53. The van der Waals surface area contributed by atoms with Crippen molar-refractivity contribution in [2.45, 2.75) is 38.6 Å². The molecule has 1 aliphatic carbocycles. The van der Waals surface area contributed by atoms with Gasteiger partial charge in [0.2, 0.25) is 0 Å². The monoisotopic (exact) mass is 244 g/mol. The Morgan fingerprint density at radius 3 is 2.61 bits per heavy atom. The number of nitrogens with one attached hydrogen (secondary N) is 1. The third-order valence-corrected chi connectivity index (χ3v) is 3.62. The Kier molecular flexibility index (Phi) is 4.09. The second kappa shape index (κ2) is 5.77. The average Bonchev–Trinajstić information content (AvgIpc) is 2.40. The fourth-order valence-corrected chi connectivity index (χ4v) is 2.52. The second-order valence-electron chi connectivity index (χ2n) is 5.03. The quantitative estimate of drug-likeness (QED) is 0.885. The van der Waals surface area contributed by atoms with Crippen molar-refractivity contribution in [2.75, 3.05) is 12.4 Å². The van der Waals surface area contributed by atoms with E-state index in [1.807, 2.05) is 6.07 Å². The van der Waals surface area contributed by atoms with Crippen molar-refractivity contribution in [1.29, 1.82) is 5.26 Å². The molecule has 0 saturated heterocycles. The van der Waals surface area contributed by atoms with Crippen molar-refractivity contribution in [1.82, 2.24) is 0 Å². The summed E-state index contributed by atoms with van der Waals surface area (Å²) in [5.74, 6) is 1.14. The van der Waals surface area contributed by atoms with Gasteiger partial charge >= 0.3 is 0 Å². The summed E-state index contributed by atoms with van der Waals surface area (Å²) < 4.78 is 5.37. The van der Waals surface area contributed by atoms with Crippen LogP contribution in [0.15, 0.2) is 18.2 Å². The van der Waals surface area contributed by atoms with E-state index in [9.17, 15) is 0 Å². The highest BCUT2D eigenvalue weighted by molar-refractivity contribution is 5.58. The molecule has 18 heavy (non-hydrogen) atoms. The van der Waals surface area contributed by atoms with Gasteiger partial charge in [-0.15, -0.1) is 0 Å². The summed E-state index contributed by atoms with van der Waals surface area (Å²) in [6.07, 6.45) is 4.13. The topological polar surface area (TPSA) is 45.0 Å². The van der Waals surface area contributed by atoms with E-state index < -0.39 is 0 Å². The summed E-state index contributed by atoms with van der Waals surface area (Å²) in [5.41, 5.74) is 2.29. The number of hydrogen-bond donors (Lipinski definition) is 1. The SMILES string of the molecule is COc1ccc(C)cc1NC1CCC(C#N)CC1. The summed E-state index contributed by atoms with van der Waals surface area (Å²) in [4.78, 5) is 0. The lowest BCUT2D eigenvalue weighted by atomic mass is 9.87. The number of rotatable bonds is 3. The number of aryl methyl sites for hydroxylation is 1. The van der Waals surface area contributed by atoms with E-state index in [0.29, 0.717) is 6.04 Å². The Bertz CT molecular complexity index is 442. The zero-order valence-electron chi connectivity index (χ0n) is 11.1. The molecule has 0 aliphatic heterocycles. The maximum Gasteiger partial charge on any atom is 0.141 e. The van der Waals surface area contributed by atoms with Crippen LogP contribution in [0.1, 0.15) is 31.2 Å². The lowest BCUT2D eigenvalue weighted by Gasteiger charge is -2.27. The molecule has 0 atom stereocenters. The number of anilines is 1. The molecule has 1 aromatic carbocycles. The van der Waals surface area contributed by atoms with Gasteiger partial charge in [-0.25, -0.2) is 0 Å². The number of benzene rings is 1. The lowest BCUT2D eigenvalue weighted by molar-refractivity contribution is 0.392. The van der Waals surface area contributed by atoms with E-state index in [4.69, 9.17) is 10.00 Å². The van der Waals surface area contributed by atoms with Crippen LogP contribution in [0.3, 0.4) is 0 Å². The van der Waals surface area contributed by atoms with Gasteiger partial charge in [0, 0.05) is 12.0 Å². The van der Waals surface area contributed by atoms with Gasteiger partial charge in [-0.05, 0) is 50.3 Å². The highest BCUT2D eigenvalue weighted by Crippen LogP contribution is 2.30. The first kappa shape index (κ1) is 12.8. The third kappa shape index (κ3) is 2.95. The van der Waals surface area contributed by atoms with Crippen molar-refractivity contribution in [3.05, 3.63) is 23.8 Å². The Hall–Kier alpha value is -1.69. The van der Waals surface area contributed by atoms with Crippen LogP contribution < -0.4 is 10.1 Å². The van der Waals surface area contributed by atoms with Gasteiger partial charge < -0.3 is 10.1 Å². The highest BCUT2D eigenvalue weighted by atomic mass is 16.5. The molecule has 3 heteroatoms. The zero-order valence-corrected chi connectivity index (χ0v) is 11.1. The smallest absolute Gasteiger partial charge is 0.141 e. The standard InChI is InChI=1S/C15H20N2O/c1-11-3-8-15(18-2)14(9-11)17-13-6-4-12(10-16)5-7-13/h3,8-9,12-13,17H,4-7H2,1-2H3. The molecule has 1 fully saturated rings. The maximum absolute atomic E-state index is 8.90. The van der Waals surface area contributed by atoms with E-state index in [1.54, 1.807) is 7.11 Å². The van der Waals surface area contributed by atoms with Crippen LogP contribution in [0.2, 0.25) is 0 Å². The lowest BCUT2D eigenvalue weighted by Crippen LogP contribution is -2.25. The minimum atomic E-state index is 0.252. The molecule has 0 unspecified atom stereocenters. The van der Waals surface area contributed by atoms with Crippen molar-refractivity contribution >= 4 is 5.69 Å². The van der Waals surface area contributed by atoms with Crippen molar-refractivity contribution < 1.29 is 4.74 Å². The zero-order chi connectivity index (χ0) is 13.0. The molecule has 0 aromatic heterocycles. The van der Waals surface area contributed by atoms with Crippen molar-refractivity contribution in [3.63, 3.8) is 0 Å². The van der Waals surface area contributed by atoms with E-state index in [1.165, 1.54) is 5.56 Å². The van der Waals surface area contributed by atoms with Crippen LogP contribution in [-0.4, -0.2) is 13.2 Å². The fourth-order valence-electron chi connectivity index (χ4n) is 2.52. The Morgan fingerprint density at radius 1 is 1.28 bits per heavy atom. The van der Waals surface area contributed by atoms with Gasteiger partial charge in [-0.1, -0.05) is 6.07 Å². The molecule has 0 spiro atoms. The number of nitriles is 1. The fraction of sp³-hybridized carbons (Fsp3) is 0.533. The predicted octanol–water partition coefficient (Wildman–Crippen LogP) is 3.50. The van der Waals surface area contributed by atoms with Gasteiger partial charge in [-0.3, -0.25) is 0 Å². The van der Waals surface area contributed by atoms with Gasteiger partial charge in [-0.2, -0.15) is 5.26 Å². The average molecular weight is 244 g/mol. The van der Waals surface area contributed by atoms with Gasteiger partial charge in [0.15, 0.2) is 0 Å². The molecular formula is C15H20N2O. The Labute approximate surface area is 109 Å². The maximum atomic E-state index is 8.90. The van der Waals surface area contributed by atoms with E-state index in [-0.39, 0.29) is 5.92 Å². The summed E-state index contributed by atoms with van der Waals surface area (Å²) in [5, 5.41) is 12.4.